The summed E-state index contributed by atoms with van der Waals surface area (Å²) in [5.41, 5.74) is -0.920. The monoisotopic (exact) mass is 232 g/mol. The number of anilines is 1. The molecule has 0 aliphatic carbocycles. The fourth-order valence-electron chi connectivity index (χ4n) is 1.58. The van der Waals surface area contributed by atoms with Crippen molar-refractivity contribution in [2.24, 2.45) is 0 Å². The first-order valence-corrected chi connectivity index (χ1v) is 4.92. The van der Waals surface area contributed by atoms with Crippen LogP contribution in [0.5, 0.6) is 0 Å². The minimum absolute atomic E-state index is 0.135. The van der Waals surface area contributed by atoms with Gasteiger partial charge in [0, 0.05) is 18.7 Å². The topological polar surface area (TPSA) is 49.8 Å². The summed E-state index contributed by atoms with van der Waals surface area (Å²) in [6.45, 7) is 1.61. The maximum Gasteiger partial charge on any atom is 0.433 e. The van der Waals surface area contributed by atoms with Crippen LogP contribution in [0.4, 0.5) is 19.0 Å². The highest BCUT2D eigenvalue weighted by Crippen LogP contribution is 2.28. The number of nitrogens with zero attached hydrogens (tertiary/aromatic N) is 2. The van der Waals surface area contributed by atoms with E-state index >= 15 is 0 Å². The van der Waals surface area contributed by atoms with Crippen LogP contribution in [0.15, 0.2) is 12.4 Å². The Kier molecular flexibility index (Phi) is 2.95. The van der Waals surface area contributed by atoms with E-state index in [1.54, 1.807) is 0 Å². The van der Waals surface area contributed by atoms with E-state index in [0.29, 0.717) is 0 Å². The number of hydrogen-bond acceptors (Lipinski definition) is 4. The second-order valence-electron chi connectivity index (χ2n) is 3.62. The Hall–Kier alpha value is -1.37. The second kappa shape index (κ2) is 4.25. The van der Waals surface area contributed by atoms with Crippen molar-refractivity contribution in [3.63, 3.8) is 0 Å². The highest BCUT2D eigenvalue weighted by molar-refractivity contribution is 5.37. The summed E-state index contributed by atoms with van der Waals surface area (Å²) < 4.78 is 37.1. The molecule has 1 atom stereocenters. The molecule has 2 heterocycles. The molecule has 7 heteroatoms. The van der Waals surface area contributed by atoms with Gasteiger partial charge in [0.25, 0.3) is 0 Å². The summed E-state index contributed by atoms with van der Waals surface area (Å²) in [5, 5.41) is 6.05. The maximum absolute atomic E-state index is 12.4. The summed E-state index contributed by atoms with van der Waals surface area (Å²) in [6, 6.07) is 1.06. The van der Waals surface area contributed by atoms with Gasteiger partial charge in [-0.2, -0.15) is 13.2 Å². The van der Waals surface area contributed by atoms with E-state index in [1.807, 2.05) is 0 Å². The second-order valence-corrected chi connectivity index (χ2v) is 3.62. The van der Waals surface area contributed by atoms with Gasteiger partial charge in [-0.05, 0) is 13.0 Å². The fourth-order valence-corrected chi connectivity index (χ4v) is 1.58. The third-order valence-corrected chi connectivity index (χ3v) is 2.37. The van der Waals surface area contributed by atoms with Crippen molar-refractivity contribution in [1.29, 1.82) is 0 Å². The predicted octanol–water partition coefficient (Wildman–Crippen LogP) is 1.27. The molecule has 2 N–H and O–H groups in total. The van der Waals surface area contributed by atoms with E-state index in [9.17, 15) is 13.2 Å². The zero-order valence-electron chi connectivity index (χ0n) is 8.38. The summed E-state index contributed by atoms with van der Waals surface area (Å²) in [6.07, 6.45) is -2.62. The molecule has 4 nitrogen and oxygen atoms in total. The van der Waals surface area contributed by atoms with Gasteiger partial charge in [0.05, 0.1) is 0 Å². The zero-order valence-corrected chi connectivity index (χ0v) is 8.38. The van der Waals surface area contributed by atoms with E-state index < -0.39 is 11.9 Å². The van der Waals surface area contributed by atoms with Crippen LogP contribution in [0.1, 0.15) is 12.1 Å². The van der Waals surface area contributed by atoms with Crippen LogP contribution in [0.25, 0.3) is 0 Å². The number of aromatic nitrogens is 2. The van der Waals surface area contributed by atoms with Crippen molar-refractivity contribution in [3.05, 3.63) is 18.1 Å². The lowest BCUT2D eigenvalue weighted by atomic mass is 10.2. The minimum Gasteiger partial charge on any atom is -0.366 e. The molecular formula is C9H11F3N4. The van der Waals surface area contributed by atoms with Crippen molar-refractivity contribution in [2.45, 2.75) is 18.6 Å². The smallest absolute Gasteiger partial charge is 0.366 e. The molecule has 2 rings (SSSR count). The Labute approximate surface area is 90.3 Å². The molecule has 16 heavy (non-hydrogen) atoms. The van der Waals surface area contributed by atoms with Gasteiger partial charge in [0.15, 0.2) is 0 Å². The molecule has 0 spiro atoms. The molecule has 1 aromatic heterocycles. The molecule has 0 radical (unpaired) electrons. The van der Waals surface area contributed by atoms with Crippen molar-refractivity contribution in [2.75, 3.05) is 18.4 Å². The molecular weight excluding hydrogens is 221 g/mol. The lowest BCUT2D eigenvalue weighted by Crippen LogP contribution is -2.23. The molecule has 88 valence electrons. The lowest BCUT2D eigenvalue weighted by molar-refractivity contribution is -0.141. The quantitative estimate of drug-likeness (QED) is 0.806. The summed E-state index contributed by atoms with van der Waals surface area (Å²) in [7, 11) is 0. The van der Waals surface area contributed by atoms with Crippen molar-refractivity contribution >= 4 is 5.82 Å². The van der Waals surface area contributed by atoms with E-state index in [1.165, 1.54) is 0 Å². The summed E-state index contributed by atoms with van der Waals surface area (Å²) in [5.74, 6) is 0.219. The largest absolute Gasteiger partial charge is 0.433 e. The van der Waals surface area contributed by atoms with E-state index in [0.717, 1.165) is 31.9 Å². The molecule has 1 aliphatic heterocycles. The predicted molar refractivity (Wildman–Crippen MR) is 51.9 cm³/mol. The molecule has 1 aromatic rings. The number of alkyl halides is 3. The van der Waals surface area contributed by atoms with Gasteiger partial charge < -0.3 is 10.6 Å². The zero-order chi connectivity index (χ0) is 11.6. The highest BCUT2D eigenvalue weighted by atomic mass is 19.4. The molecule has 1 unspecified atom stereocenters. The molecule has 1 fully saturated rings. The first-order chi connectivity index (χ1) is 7.55. The summed E-state index contributed by atoms with van der Waals surface area (Å²) in [4.78, 5) is 6.96. The number of rotatable bonds is 2. The number of halogens is 3. The molecule has 0 bridgehead atoms. The average molecular weight is 232 g/mol. The van der Waals surface area contributed by atoms with Crippen LogP contribution in [-0.2, 0) is 6.18 Å². The Bertz CT molecular complexity index is 360. The highest BCUT2D eigenvalue weighted by Gasteiger charge is 2.33. The van der Waals surface area contributed by atoms with Gasteiger partial charge in [0.1, 0.15) is 17.8 Å². The maximum atomic E-state index is 12.4. The van der Waals surface area contributed by atoms with Crippen LogP contribution in [0.2, 0.25) is 0 Å². The van der Waals surface area contributed by atoms with Crippen molar-refractivity contribution < 1.29 is 13.2 Å². The number of hydrogen-bond donors (Lipinski definition) is 2. The Morgan fingerprint density at radius 2 is 2.19 bits per heavy atom. The Morgan fingerprint density at radius 1 is 1.38 bits per heavy atom. The van der Waals surface area contributed by atoms with E-state index in [2.05, 4.69) is 20.6 Å². The third-order valence-electron chi connectivity index (χ3n) is 2.37. The standard InChI is InChI=1S/C9H11F3N4/c10-9(11,12)7-3-8(15-5-14-7)16-6-1-2-13-4-6/h3,5-6,13H,1-2,4H2,(H,14,15,16). The third kappa shape index (κ3) is 2.60. The Morgan fingerprint density at radius 3 is 2.81 bits per heavy atom. The van der Waals surface area contributed by atoms with Gasteiger partial charge in [-0.15, -0.1) is 0 Å². The first-order valence-electron chi connectivity index (χ1n) is 4.92. The van der Waals surface area contributed by atoms with Gasteiger partial charge in [-0.1, -0.05) is 0 Å². The fraction of sp³-hybridized carbons (Fsp3) is 0.556. The molecule has 0 aromatic carbocycles. The van der Waals surface area contributed by atoms with Crippen molar-refractivity contribution in [1.82, 2.24) is 15.3 Å². The van der Waals surface area contributed by atoms with Gasteiger partial charge in [-0.25, -0.2) is 9.97 Å². The summed E-state index contributed by atoms with van der Waals surface area (Å²) >= 11 is 0. The molecule has 1 aliphatic rings. The normalized spacial score (nSPS) is 21.1. The van der Waals surface area contributed by atoms with Gasteiger partial charge in [-0.3, -0.25) is 0 Å². The van der Waals surface area contributed by atoms with Gasteiger partial charge >= 0.3 is 6.18 Å². The van der Waals surface area contributed by atoms with Gasteiger partial charge in [0.2, 0.25) is 0 Å². The molecule has 0 amide bonds. The number of nitrogens with one attached hydrogen (secondary N) is 2. The van der Waals surface area contributed by atoms with Crippen LogP contribution in [0, 0.1) is 0 Å². The first kappa shape index (κ1) is 11.1. The van der Waals surface area contributed by atoms with E-state index in [-0.39, 0.29) is 11.9 Å². The SMILES string of the molecule is FC(F)(F)c1cc(NC2CCNC2)ncn1. The Balaban J connectivity index is 2.09. The minimum atomic E-state index is -4.42. The van der Waals surface area contributed by atoms with Crippen LogP contribution in [0.3, 0.4) is 0 Å². The molecule has 0 saturated carbocycles. The average Bonchev–Trinajstić information content (AvgIpc) is 2.70. The van der Waals surface area contributed by atoms with Crippen LogP contribution in [-0.4, -0.2) is 29.1 Å². The van der Waals surface area contributed by atoms with Crippen LogP contribution < -0.4 is 10.6 Å². The van der Waals surface area contributed by atoms with E-state index in [4.69, 9.17) is 0 Å². The van der Waals surface area contributed by atoms with Crippen molar-refractivity contribution in [3.8, 4) is 0 Å². The van der Waals surface area contributed by atoms with Crippen LogP contribution >= 0.6 is 0 Å². The lowest BCUT2D eigenvalue weighted by Gasteiger charge is -2.13. The molecule has 1 saturated heterocycles.